The van der Waals surface area contributed by atoms with E-state index in [1.807, 2.05) is 6.07 Å². The van der Waals surface area contributed by atoms with Crippen molar-refractivity contribution in [3.63, 3.8) is 0 Å². The number of aromatic nitrogens is 1. The van der Waals surface area contributed by atoms with E-state index in [0.29, 0.717) is 28.1 Å². The second-order valence-electron chi connectivity index (χ2n) is 3.21. The van der Waals surface area contributed by atoms with Crippen LogP contribution in [0.15, 0.2) is 30.5 Å². The van der Waals surface area contributed by atoms with Crippen LogP contribution in [0, 0.1) is 0 Å². The second-order valence-corrected chi connectivity index (χ2v) is 3.62. The predicted octanol–water partition coefficient (Wildman–Crippen LogP) is 3.06. The molecule has 4 heteroatoms. The molecule has 1 aromatic carbocycles. The van der Waals surface area contributed by atoms with Crippen LogP contribution < -0.4 is 0 Å². The largest absolute Gasteiger partial charge is 0.462 e. The number of nitrogens with zero attached hydrogens (tertiary/aromatic N) is 1. The van der Waals surface area contributed by atoms with Crippen LogP contribution in [-0.2, 0) is 4.74 Å². The number of carbonyl (C=O) groups is 1. The molecule has 2 aromatic rings. The highest BCUT2D eigenvalue weighted by atomic mass is 35.5. The number of hydrogen-bond acceptors (Lipinski definition) is 3. The van der Waals surface area contributed by atoms with Crippen LogP contribution in [0.3, 0.4) is 0 Å². The maximum atomic E-state index is 11.7. The van der Waals surface area contributed by atoms with Gasteiger partial charge in [0.1, 0.15) is 0 Å². The first-order chi connectivity index (χ1) is 7.74. The van der Waals surface area contributed by atoms with Crippen molar-refractivity contribution in [1.29, 1.82) is 0 Å². The molecule has 0 radical (unpaired) electrons. The van der Waals surface area contributed by atoms with Crippen LogP contribution in [-0.4, -0.2) is 17.6 Å². The van der Waals surface area contributed by atoms with Gasteiger partial charge in [0, 0.05) is 11.6 Å². The van der Waals surface area contributed by atoms with Gasteiger partial charge in [-0.1, -0.05) is 17.7 Å². The van der Waals surface area contributed by atoms with E-state index in [0.717, 1.165) is 0 Å². The van der Waals surface area contributed by atoms with Crippen molar-refractivity contribution >= 4 is 28.5 Å². The third-order valence-electron chi connectivity index (χ3n) is 2.21. The summed E-state index contributed by atoms with van der Waals surface area (Å²) in [6.45, 7) is 2.11. The van der Waals surface area contributed by atoms with Gasteiger partial charge in [-0.15, -0.1) is 0 Å². The summed E-state index contributed by atoms with van der Waals surface area (Å²) in [7, 11) is 0. The summed E-state index contributed by atoms with van der Waals surface area (Å²) in [6, 6.07) is 6.92. The number of carbonyl (C=O) groups excluding carboxylic acids is 1. The standard InChI is InChI=1S/C12H10ClNO2/c1-2-16-12(15)8-4-3-5-10-11(8)9(13)6-7-14-10/h3-7H,2H2,1H3. The zero-order valence-electron chi connectivity index (χ0n) is 8.74. The van der Waals surface area contributed by atoms with Crippen LogP contribution in [0.25, 0.3) is 10.9 Å². The molecule has 0 unspecified atom stereocenters. The molecule has 2 rings (SSSR count). The van der Waals surface area contributed by atoms with Gasteiger partial charge >= 0.3 is 5.97 Å². The molecule has 3 nitrogen and oxygen atoms in total. The third kappa shape index (κ3) is 1.86. The molecule has 0 fully saturated rings. The van der Waals surface area contributed by atoms with Gasteiger partial charge < -0.3 is 4.74 Å². The summed E-state index contributed by atoms with van der Waals surface area (Å²) in [5.41, 5.74) is 1.15. The van der Waals surface area contributed by atoms with Gasteiger partial charge in [-0.3, -0.25) is 4.98 Å². The summed E-state index contributed by atoms with van der Waals surface area (Å²) in [4.78, 5) is 15.9. The lowest BCUT2D eigenvalue weighted by atomic mass is 10.1. The van der Waals surface area contributed by atoms with Crippen molar-refractivity contribution in [2.24, 2.45) is 0 Å². The van der Waals surface area contributed by atoms with Crippen LogP contribution >= 0.6 is 11.6 Å². The van der Waals surface area contributed by atoms with E-state index in [2.05, 4.69) is 4.98 Å². The SMILES string of the molecule is CCOC(=O)c1cccc2nccc(Cl)c12. The average molecular weight is 236 g/mol. The van der Waals surface area contributed by atoms with Crippen molar-refractivity contribution in [3.05, 3.63) is 41.0 Å². The Bertz CT molecular complexity index is 534. The predicted molar refractivity (Wildman–Crippen MR) is 62.7 cm³/mol. The Balaban J connectivity index is 2.65. The van der Waals surface area contributed by atoms with Gasteiger partial charge in [0.25, 0.3) is 0 Å². The summed E-state index contributed by atoms with van der Waals surface area (Å²) in [5.74, 6) is -0.372. The molecule has 0 aliphatic carbocycles. The fraction of sp³-hybridized carbons (Fsp3) is 0.167. The van der Waals surface area contributed by atoms with Crippen molar-refractivity contribution in [2.75, 3.05) is 6.61 Å². The van der Waals surface area contributed by atoms with Gasteiger partial charge in [-0.05, 0) is 25.1 Å². The van der Waals surface area contributed by atoms with E-state index in [4.69, 9.17) is 16.3 Å². The van der Waals surface area contributed by atoms with E-state index in [-0.39, 0.29) is 5.97 Å². The molecule has 0 N–H and O–H groups in total. The third-order valence-corrected chi connectivity index (χ3v) is 2.53. The first kappa shape index (κ1) is 10.9. The lowest BCUT2D eigenvalue weighted by molar-refractivity contribution is 0.0528. The number of esters is 1. The van der Waals surface area contributed by atoms with E-state index in [1.54, 1.807) is 31.3 Å². The number of hydrogen-bond donors (Lipinski definition) is 0. The molecule has 0 aliphatic rings. The molecular weight excluding hydrogens is 226 g/mol. The number of halogens is 1. The molecular formula is C12H10ClNO2. The van der Waals surface area contributed by atoms with Gasteiger partial charge in [0.15, 0.2) is 0 Å². The number of ether oxygens (including phenoxy) is 1. The Labute approximate surface area is 98.0 Å². The molecule has 16 heavy (non-hydrogen) atoms. The minimum Gasteiger partial charge on any atom is -0.462 e. The smallest absolute Gasteiger partial charge is 0.338 e. The zero-order chi connectivity index (χ0) is 11.5. The Kier molecular flexibility index (Phi) is 3.06. The summed E-state index contributed by atoms with van der Waals surface area (Å²) in [5, 5.41) is 1.15. The molecule has 0 bridgehead atoms. The number of fused-ring (bicyclic) bond motifs is 1. The van der Waals surface area contributed by atoms with E-state index >= 15 is 0 Å². The number of pyridine rings is 1. The molecule has 0 saturated heterocycles. The van der Waals surface area contributed by atoms with Crippen LogP contribution in [0.2, 0.25) is 5.02 Å². The van der Waals surface area contributed by atoms with Crippen molar-refractivity contribution in [1.82, 2.24) is 4.98 Å². The van der Waals surface area contributed by atoms with Gasteiger partial charge in [-0.25, -0.2) is 4.79 Å². The summed E-state index contributed by atoms with van der Waals surface area (Å²) < 4.78 is 4.97. The van der Waals surface area contributed by atoms with Crippen LogP contribution in [0.5, 0.6) is 0 Å². The maximum Gasteiger partial charge on any atom is 0.338 e. The fourth-order valence-corrected chi connectivity index (χ4v) is 1.80. The number of benzene rings is 1. The van der Waals surface area contributed by atoms with Crippen LogP contribution in [0.1, 0.15) is 17.3 Å². The molecule has 0 aliphatic heterocycles. The second kappa shape index (κ2) is 4.49. The highest BCUT2D eigenvalue weighted by molar-refractivity contribution is 6.36. The monoisotopic (exact) mass is 235 g/mol. The highest BCUT2D eigenvalue weighted by Crippen LogP contribution is 2.25. The molecule has 0 amide bonds. The quantitative estimate of drug-likeness (QED) is 0.751. The topological polar surface area (TPSA) is 39.2 Å². The van der Waals surface area contributed by atoms with E-state index in [1.165, 1.54) is 0 Å². The summed E-state index contributed by atoms with van der Waals surface area (Å²) in [6.07, 6.45) is 1.61. The minimum atomic E-state index is -0.372. The van der Waals surface area contributed by atoms with Gasteiger partial charge in [0.2, 0.25) is 0 Å². The Morgan fingerprint density at radius 1 is 1.44 bits per heavy atom. The Morgan fingerprint density at radius 3 is 3.00 bits per heavy atom. The Morgan fingerprint density at radius 2 is 2.25 bits per heavy atom. The fourth-order valence-electron chi connectivity index (χ4n) is 1.54. The zero-order valence-corrected chi connectivity index (χ0v) is 9.49. The highest BCUT2D eigenvalue weighted by Gasteiger charge is 2.13. The molecule has 0 saturated carbocycles. The van der Waals surface area contributed by atoms with E-state index in [9.17, 15) is 4.79 Å². The maximum absolute atomic E-state index is 11.7. The minimum absolute atomic E-state index is 0.340. The van der Waals surface area contributed by atoms with E-state index < -0.39 is 0 Å². The molecule has 82 valence electrons. The average Bonchev–Trinajstić information content (AvgIpc) is 2.29. The first-order valence-corrected chi connectivity index (χ1v) is 5.32. The Hall–Kier alpha value is -1.61. The lowest BCUT2D eigenvalue weighted by Gasteiger charge is -2.06. The van der Waals surface area contributed by atoms with Crippen molar-refractivity contribution in [3.8, 4) is 0 Å². The van der Waals surface area contributed by atoms with Gasteiger partial charge in [0.05, 0.1) is 22.7 Å². The molecule has 0 atom stereocenters. The van der Waals surface area contributed by atoms with Crippen molar-refractivity contribution in [2.45, 2.75) is 6.92 Å². The van der Waals surface area contributed by atoms with Crippen molar-refractivity contribution < 1.29 is 9.53 Å². The molecule has 1 heterocycles. The molecule has 0 spiro atoms. The normalized spacial score (nSPS) is 10.4. The lowest BCUT2D eigenvalue weighted by Crippen LogP contribution is -2.05. The van der Waals surface area contributed by atoms with Gasteiger partial charge in [-0.2, -0.15) is 0 Å². The van der Waals surface area contributed by atoms with Crippen LogP contribution in [0.4, 0.5) is 0 Å². The summed E-state index contributed by atoms with van der Waals surface area (Å²) >= 11 is 6.06. The molecule has 1 aromatic heterocycles. The number of rotatable bonds is 2. The first-order valence-electron chi connectivity index (χ1n) is 4.94.